The Morgan fingerprint density at radius 2 is 1.96 bits per heavy atom. The third-order valence-corrected chi connectivity index (χ3v) is 5.15. The summed E-state index contributed by atoms with van der Waals surface area (Å²) in [7, 11) is 0. The van der Waals surface area contributed by atoms with Crippen molar-refractivity contribution in [2.45, 2.75) is 39.0 Å². The number of pyridine rings is 1. The lowest BCUT2D eigenvalue weighted by Gasteiger charge is -2.33. The molecule has 1 aromatic heterocycles. The van der Waals surface area contributed by atoms with E-state index in [4.69, 9.17) is 0 Å². The zero-order valence-corrected chi connectivity index (χ0v) is 15.7. The van der Waals surface area contributed by atoms with Gasteiger partial charge >= 0.3 is 0 Å². The summed E-state index contributed by atoms with van der Waals surface area (Å²) in [6.07, 6.45) is 9.15. The van der Waals surface area contributed by atoms with Gasteiger partial charge in [-0.25, -0.2) is 0 Å². The standard InChI is InChI=1S/C22H29N3O/c1-2-3-11-24-22(26)20-15-21(17-23-16-20)25-12-9-19(10-13-25)14-18-7-5-4-6-8-18/h4-8,15-17,19H,2-3,9-14H2,1H3,(H,24,26). The maximum Gasteiger partial charge on any atom is 0.252 e. The highest BCUT2D eigenvalue weighted by Gasteiger charge is 2.20. The van der Waals surface area contributed by atoms with E-state index in [0.717, 1.165) is 50.5 Å². The van der Waals surface area contributed by atoms with E-state index in [2.05, 4.69) is 52.5 Å². The summed E-state index contributed by atoms with van der Waals surface area (Å²) in [5.74, 6) is 0.717. The maximum absolute atomic E-state index is 12.2. The first-order valence-electron chi connectivity index (χ1n) is 9.78. The average Bonchev–Trinajstić information content (AvgIpc) is 2.69. The number of unbranched alkanes of at least 4 members (excludes halogenated alkanes) is 1. The van der Waals surface area contributed by atoms with Crippen LogP contribution in [0.25, 0.3) is 0 Å². The number of carbonyl (C=O) groups is 1. The highest BCUT2D eigenvalue weighted by molar-refractivity contribution is 5.94. The van der Waals surface area contributed by atoms with E-state index in [1.807, 2.05) is 12.3 Å². The number of benzene rings is 1. The third kappa shape index (κ3) is 5.07. The van der Waals surface area contributed by atoms with Gasteiger partial charge in [0.15, 0.2) is 0 Å². The molecular formula is C22H29N3O. The first-order valence-corrected chi connectivity index (χ1v) is 9.78. The molecule has 1 aromatic carbocycles. The fraction of sp³-hybridized carbons (Fsp3) is 0.455. The Morgan fingerprint density at radius 1 is 1.19 bits per heavy atom. The topological polar surface area (TPSA) is 45.2 Å². The number of nitrogens with one attached hydrogen (secondary N) is 1. The largest absolute Gasteiger partial charge is 0.370 e. The van der Waals surface area contributed by atoms with Gasteiger partial charge in [0.1, 0.15) is 0 Å². The van der Waals surface area contributed by atoms with Crippen molar-refractivity contribution in [3.05, 3.63) is 59.9 Å². The molecule has 4 heteroatoms. The van der Waals surface area contributed by atoms with Crippen molar-refractivity contribution >= 4 is 11.6 Å². The van der Waals surface area contributed by atoms with Crippen LogP contribution in [0.1, 0.15) is 48.5 Å². The van der Waals surface area contributed by atoms with Crippen LogP contribution in [0.3, 0.4) is 0 Å². The zero-order valence-electron chi connectivity index (χ0n) is 15.7. The van der Waals surface area contributed by atoms with Gasteiger partial charge in [0.2, 0.25) is 0 Å². The highest BCUT2D eigenvalue weighted by atomic mass is 16.1. The summed E-state index contributed by atoms with van der Waals surface area (Å²) in [5.41, 5.74) is 3.15. The number of hydrogen-bond acceptors (Lipinski definition) is 3. The number of carbonyl (C=O) groups excluding carboxylic acids is 1. The molecule has 0 atom stereocenters. The number of piperidine rings is 1. The lowest BCUT2D eigenvalue weighted by atomic mass is 9.90. The van der Waals surface area contributed by atoms with Crippen LogP contribution < -0.4 is 10.2 Å². The van der Waals surface area contributed by atoms with Crippen LogP contribution in [0.15, 0.2) is 48.8 Å². The van der Waals surface area contributed by atoms with E-state index < -0.39 is 0 Å². The van der Waals surface area contributed by atoms with Crippen molar-refractivity contribution in [3.8, 4) is 0 Å². The second kappa shape index (κ2) is 9.37. The van der Waals surface area contributed by atoms with E-state index in [9.17, 15) is 4.79 Å². The molecule has 1 N–H and O–H groups in total. The SMILES string of the molecule is CCCCNC(=O)c1cncc(N2CCC(Cc3ccccc3)CC2)c1. The highest BCUT2D eigenvalue weighted by Crippen LogP contribution is 2.25. The molecule has 0 radical (unpaired) electrons. The Balaban J connectivity index is 1.54. The van der Waals surface area contributed by atoms with Gasteiger partial charge in [-0.1, -0.05) is 43.7 Å². The molecule has 1 fully saturated rings. The molecule has 2 aromatic rings. The summed E-state index contributed by atoms with van der Waals surface area (Å²) >= 11 is 0. The Morgan fingerprint density at radius 3 is 2.69 bits per heavy atom. The lowest BCUT2D eigenvalue weighted by molar-refractivity contribution is 0.0953. The molecule has 1 aliphatic heterocycles. The molecule has 2 heterocycles. The first-order chi connectivity index (χ1) is 12.8. The molecular weight excluding hydrogens is 322 g/mol. The van der Waals surface area contributed by atoms with Gasteiger partial charge in [0.25, 0.3) is 5.91 Å². The second-order valence-electron chi connectivity index (χ2n) is 7.16. The van der Waals surface area contributed by atoms with Crippen LogP contribution in [-0.4, -0.2) is 30.5 Å². The Hall–Kier alpha value is -2.36. The molecule has 26 heavy (non-hydrogen) atoms. The van der Waals surface area contributed by atoms with E-state index in [1.165, 1.54) is 18.4 Å². The number of hydrogen-bond donors (Lipinski definition) is 1. The molecule has 4 nitrogen and oxygen atoms in total. The minimum atomic E-state index is -0.0215. The number of aromatic nitrogens is 1. The molecule has 0 spiro atoms. The summed E-state index contributed by atoms with van der Waals surface area (Å²) in [5, 5.41) is 2.97. The predicted molar refractivity (Wildman–Crippen MR) is 107 cm³/mol. The van der Waals surface area contributed by atoms with E-state index in [-0.39, 0.29) is 5.91 Å². The van der Waals surface area contributed by atoms with Crippen LogP contribution in [0, 0.1) is 5.92 Å². The number of nitrogens with zero attached hydrogens (tertiary/aromatic N) is 2. The van der Waals surface area contributed by atoms with Gasteiger partial charge in [-0.05, 0) is 43.2 Å². The molecule has 138 valence electrons. The molecule has 0 saturated carbocycles. The minimum Gasteiger partial charge on any atom is -0.370 e. The van der Waals surface area contributed by atoms with Crippen molar-refractivity contribution < 1.29 is 4.79 Å². The minimum absolute atomic E-state index is 0.0215. The van der Waals surface area contributed by atoms with E-state index >= 15 is 0 Å². The van der Waals surface area contributed by atoms with Crippen LogP contribution in [0.5, 0.6) is 0 Å². The van der Waals surface area contributed by atoms with Gasteiger partial charge in [-0.2, -0.15) is 0 Å². The number of rotatable bonds is 7. The average molecular weight is 351 g/mol. The summed E-state index contributed by atoms with van der Waals surface area (Å²) in [4.78, 5) is 18.9. The van der Waals surface area contributed by atoms with Crippen molar-refractivity contribution in [1.29, 1.82) is 0 Å². The van der Waals surface area contributed by atoms with E-state index in [0.29, 0.717) is 5.56 Å². The monoisotopic (exact) mass is 351 g/mol. The first kappa shape index (κ1) is 18.4. The van der Waals surface area contributed by atoms with E-state index in [1.54, 1.807) is 6.20 Å². The fourth-order valence-electron chi connectivity index (χ4n) is 3.55. The second-order valence-corrected chi connectivity index (χ2v) is 7.16. The zero-order chi connectivity index (χ0) is 18.2. The van der Waals surface area contributed by atoms with Gasteiger partial charge < -0.3 is 10.2 Å². The summed E-state index contributed by atoms with van der Waals surface area (Å²) in [6, 6.07) is 12.7. The number of anilines is 1. The molecule has 1 aliphatic rings. The molecule has 1 amide bonds. The van der Waals surface area contributed by atoms with Gasteiger partial charge in [-0.15, -0.1) is 0 Å². The molecule has 0 bridgehead atoms. The van der Waals surface area contributed by atoms with Gasteiger partial charge in [0, 0.05) is 25.8 Å². The maximum atomic E-state index is 12.2. The van der Waals surface area contributed by atoms with Crippen molar-refractivity contribution in [2.75, 3.05) is 24.5 Å². The normalized spacial score (nSPS) is 15.0. The Bertz CT molecular complexity index is 694. The van der Waals surface area contributed by atoms with Crippen LogP contribution >= 0.6 is 0 Å². The number of amides is 1. The van der Waals surface area contributed by atoms with Crippen molar-refractivity contribution in [2.24, 2.45) is 5.92 Å². The van der Waals surface area contributed by atoms with Crippen LogP contribution in [0.2, 0.25) is 0 Å². The Labute approximate surface area is 156 Å². The lowest BCUT2D eigenvalue weighted by Crippen LogP contribution is -2.34. The predicted octanol–water partition coefficient (Wildman–Crippen LogP) is 4.07. The molecule has 0 aliphatic carbocycles. The van der Waals surface area contributed by atoms with Crippen LogP contribution in [-0.2, 0) is 6.42 Å². The molecule has 1 saturated heterocycles. The van der Waals surface area contributed by atoms with Gasteiger partial charge in [-0.3, -0.25) is 9.78 Å². The molecule has 0 unspecified atom stereocenters. The third-order valence-electron chi connectivity index (χ3n) is 5.15. The molecule has 3 rings (SSSR count). The summed E-state index contributed by atoms with van der Waals surface area (Å²) in [6.45, 7) is 4.90. The van der Waals surface area contributed by atoms with Crippen molar-refractivity contribution in [3.63, 3.8) is 0 Å². The van der Waals surface area contributed by atoms with Gasteiger partial charge in [0.05, 0.1) is 17.4 Å². The van der Waals surface area contributed by atoms with Crippen molar-refractivity contribution in [1.82, 2.24) is 10.3 Å². The van der Waals surface area contributed by atoms with Crippen LogP contribution in [0.4, 0.5) is 5.69 Å². The Kier molecular flexibility index (Phi) is 6.64. The fourth-order valence-corrected chi connectivity index (χ4v) is 3.55. The smallest absolute Gasteiger partial charge is 0.252 e. The quantitative estimate of drug-likeness (QED) is 0.765. The summed E-state index contributed by atoms with van der Waals surface area (Å²) < 4.78 is 0.